The van der Waals surface area contributed by atoms with Crippen molar-refractivity contribution in [2.24, 2.45) is 0 Å². The standard InChI is InChI=1S/C21H24F4N4O.C4H4O4/c22-17-8-6-16(7-9-17)20(30)26-10-1-2-11-28-12-14-29(15-13-28)19-5-3-4-18(27-19)21(23,24)25;5-3(6)1-2-4(7)8/h3-9H,1-2,10-15H2,(H,26,30);1-2H,(H,5,6)(H,7,8)/b;2-1+. The van der Waals surface area contributed by atoms with Gasteiger partial charge in [-0.1, -0.05) is 6.07 Å². The molecule has 0 spiro atoms. The highest BCUT2D eigenvalue weighted by Crippen LogP contribution is 2.29. The highest BCUT2D eigenvalue weighted by molar-refractivity contribution is 5.94. The molecule has 0 atom stereocenters. The van der Waals surface area contributed by atoms with Crippen LogP contribution in [0.3, 0.4) is 0 Å². The Hall–Kier alpha value is -4.00. The SMILES string of the molecule is O=C(NCCCCN1CCN(c2cccc(C(F)(F)F)n2)CC1)c1ccc(F)cc1.O=C(O)/C=C/C(=O)O. The minimum atomic E-state index is -4.44. The van der Waals surface area contributed by atoms with Crippen LogP contribution >= 0.6 is 0 Å². The number of aliphatic carboxylic acids is 2. The average molecular weight is 541 g/mol. The lowest BCUT2D eigenvalue weighted by atomic mass is 10.2. The molecule has 2 aromatic rings. The molecule has 9 nitrogen and oxygen atoms in total. The molecule has 38 heavy (non-hydrogen) atoms. The smallest absolute Gasteiger partial charge is 0.433 e. The number of piperazine rings is 1. The van der Waals surface area contributed by atoms with Crippen LogP contribution in [0.1, 0.15) is 28.9 Å². The Morgan fingerprint density at radius 1 is 0.921 bits per heavy atom. The fourth-order valence-corrected chi connectivity index (χ4v) is 3.47. The van der Waals surface area contributed by atoms with E-state index in [1.165, 1.54) is 30.3 Å². The number of rotatable bonds is 9. The van der Waals surface area contributed by atoms with Gasteiger partial charge in [-0.25, -0.2) is 19.0 Å². The number of hydrogen-bond acceptors (Lipinski definition) is 6. The van der Waals surface area contributed by atoms with E-state index >= 15 is 0 Å². The Kier molecular flexibility index (Phi) is 11.7. The van der Waals surface area contributed by atoms with E-state index in [4.69, 9.17) is 10.2 Å². The van der Waals surface area contributed by atoms with Gasteiger partial charge in [0.15, 0.2) is 0 Å². The molecule has 0 radical (unpaired) electrons. The molecule has 1 aromatic heterocycles. The molecule has 1 aromatic carbocycles. The first kappa shape index (κ1) is 30.2. The van der Waals surface area contributed by atoms with Gasteiger partial charge in [0.05, 0.1) is 0 Å². The number of halogens is 4. The maximum Gasteiger partial charge on any atom is 0.433 e. The molecule has 1 fully saturated rings. The largest absolute Gasteiger partial charge is 0.478 e. The molecule has 0 aliphatic carbocycles. The molecule has 0 bridgehead atoms. The number of carbonyl (C=O) groups is 3. The van der Waals surface area contributed by atoms with Gasteiger partial charge in [-0.15, -0.1) is 0 Å². The predicted molar refractivity (Wildman–Crippen MR) is 130 cm³/mol. The van der Waals surface area contributed by atoms with Gasteiger partial charge in [0.2, 0.25) is 0 Å². The van der Waals surface area contributed by atoms with E-state index < -0.39 is 23.8 Å². The Morgan fingerprint density at radius 3 is 2.08 bits per heavy atom. The molecule has 2 heterocycles. The Labute approximate surface area is 216 Å². The normalized spacial score (nSPS) is 14.1. The monoisotopic (exact) mass is 540 g/mol. The number of unbranched alkanes of at least 4 members (excludes halogenated alkanes) is 1. The van der Waals surface area contributed by atoms with E-state index in [0.717, 1.165) is 38.5 Å². The van der Waals surface area contributed by atoms with Crippen molar-refractivity contribution in [1.29, 1.82) is 0 Å². The van der Waals surface area contributed by atoms with Gasteiger partial charge in [0.25, 0.3) is 5.91 Å². The fourth-order valence-electron chi connectivity index (χ4n) is 3.47. The van der Waals surface area contributed by atoms with Gasteiger partial charge in [0.1, 0.15) is 17.3 Å². The molecular formula is C25H28F4N4O5. The third-order valence-electron chi connectivity index (χ3n) is 5.38. The Balaban J connectivity index is 0.000000550. The summed E-state index contributed by atoms with van der Waals surface area (Å²) in [6.07, 6.45) is -1.62. The summed E-state index contributed by atoms with van der Waals surface area (Å²) < 4.78 is 51.4. The number of nitrogens with one attached hydrogen (secondary N) is 1. The second-order valence-electron chi connectivity index (χ2n) is 8.19. The lowest BCUT2D eigenvalue weighted by Gasteiger charge is -2.35. The van der Waals surface area contributed by atoms with E-state index in [1.54, 1.807) is 6.07 Å². The minimum Gasteiger partial charge on any atom is -0.478 e. The van der Waals surface area contributed by atoms with Gasteiger partial charge >= 0.3 is 18.1 Å². The predicted octanol–water partition coefficient (Wildman–Crippen LogP) is 3.28. The zero-order valence-electron chi connectivity index (χ0n) is 20.3. The lowest BCUT2D eigenvalue weighted by molar-refractivity contribution is -0.141. The van der Waals surface area contributed by atoms with Crippen LogP contribution in [-0.4, -0.2) is 77.2 Å². The number of nitrogens with zero attached hydrogens (tertiary/aromatic N) is 3. The van der Waals surface area contributed by atoms with Gasteiger partial charge in [-0.3, -0.25) is 9.69 Å². The minimum absolute atomic E-state index is 0.225. The second-order valence-corrected chi connectivity index (χ2v) is 8.19. The Morgan fingerprint density at radius 2 is 1.53 bits per heavy atom. The summed E-state index contributed by atoms with van der Waals surface area (Å²) in [6, 6.07) is 9.38. The number of amides is 1. The molecule has 13 heteroatoms. The quantitative estimate of drug-likeness (QED) is 0.252. The highest BCUT2D eigenvalue weighted by atomic mass is 19.4. The molecule has 0 unspecified atom stereocenters. The summed E-state index contributed by atoms with van der Waals surface area (Å²) in [5, 5.41) is 18.4. The van der Waals surface area contributed by atoms with Crippen LogP contribution in [0.15, 0.2) is 54.6 Å². The van der Waals surface area contributed by atoms with Gasteiger partial charge in [-0.05, 0) is 55.8 Å². The molecular weight excluding hydrogens is 512 g/mol. The van der Waals surface area contributed by atoms with Gasteiger partial charge < -0.3 is 20.4 Å². The number of hydrogen-bond donors (Lipinski definition) is 3. The van der Waals surface area contributed by atoms with Crippen molar-refractivity contribution in [2.75, 3.05) is 44.2 Å². The van der Waals surface area contributed by atoms with Crippen LogP contribution < -0.4 is 10.2 Å². The molecule has 1 aliphatic rings. The Bertz CT molecular complexity index is 1090. The van der Waals surface area contributed by atoms with Crippen molar-refractivity contribution >= 4 is 23.7 Å². The summed E-state index contributed by atoms with van der Waals surface area (Å²) in [6.45, 7) is 4.13. The zero-order chi connectivity index (χ0) is 28.1. The van der Waals surface area contributed by atoms with Crippen LogP contribution in [0.25, 0.3) is 0 Å². The third-order valence-corrected chi connectivity index (χ3v) is 5.38. The summed E-state index contributed by atoms with van der Waals surface area (Å²) >= 11 is 0. The zero-order valence-corrected chi connectivity index (χ0v) is 20.3. The summed E-state index contributed by atoms with van der Waals surface area (Å²) in [5.41, 5.74) is -0.444. The van der Waals surface area contributed by atoms with Gasteiger partial charge in [-0.2, -0.15) is 13.2 Å². The summed E-state index contributed by atoms with van der Waals surface area (Å²) in [5.74, 6) is -2.76. The van der Waals surface area contributed by atoms with E-state index in [0.29, 0.717) is 43.2 Å². The second kappa shape index (κ2) is 14.7. The number of alkyl halides is 3. The maximum absolute atomic E-state index is 12.9. The molecule has 1 saturated heterocycles. The number of benzene rings is 1. The number of pyridine rings is 1. The van der Waals surface area contributed by atoms with Crippen LogP contribution in [0, 0.1) is 5.82 Å². The first-order valence-electron chi connectivity index (χ1n) is 11.6. The molecule has 3 N–H and O–H groups in total. The lowest BCUT2D eigenvalue weighted by Crippen LogP contribution is -2.47. The van der Waals surface area contributed by atoms with Crippen molar-refractivity contribution in [3.63, 3.8) is 0 Å². The summed E-state index contributed by atoms with van der Waals surface area (Å²) in [4.78, 5) is 38.9. The van der Waals surface area contributed by atoms with Crippen molar-refractivity contribution in [1.82, 2.24) is 15.2 Å². The fraction of sp³-hybridized carbons (Fsp3) is 0.360. The van der Waals surface area contributed by atoms with Crippen LogP contribution in [-0.2, 0) is 15.8 Å². The molecule has 1 amide bonds. The number of aromatic nitrogens is 1. The van der Waals surface area contributed by atoms with E-state index in [-0.39, 0.29) is 11.7 Å². The van der Waals surface area contributed by atoms with Crippen LogP contribution in [0.5, 0.6) is 0 Å². The first-order valence-corrected chi connectivity index (χ1v) is 11.6. The van der Waals surface area contributed by atoms with Gasteiger partial charge in [0, 0.05) is 50.4 Å². The van der Waals surface area contributed by atoms with Crippen molar-refractivity contribution in [2.45, 2.75) is 19.0 Å². The molecule has 1 aliphatic heterocycles. The number of anilines is 1. The number of carboxylic acids is 2. The van der Waals surface area contributed by atoms with Crippen molar-refractivity contribution in [3.05, 3.63) is 71.7 Å². The maximum atomic E-state index is 12.9. The molecule has 3 rings (SSSR count). The summed E-state index contributed by atoms with van der Waals surface area (Å²) in [7, 11) is 0. The molecule has 0 saturated carbocycles. The average Bonchev–Trinajstić information content (AvgIpc) is 2.88. The van der Waals surface area contributed by atoms with Crippen molar-refractivity contribution < 1.29 is 42.2 Å². The highest BCUT2D eigenvalue weighted by Gasteiger charge is 2.33. The van der Waals surface area contributed by atoms with E-state index in [9.17, 15) is 31.9 Å². The molecule has 206 valence electrons. The van der Waals surface area contributed by atoms with Crippen LogP contribution in [0.4, 0.5) is 23.4 Å². The number of carbonyl (C=O) groups excluding carboxylic acids is 1. The van der Waals surface area contributed by atoms with Crippen LogP contribution in [0.2, 0.25) is 0 Å². The third kappa shape index (κ3) is 10.9. The van der Waals surface area contributed by atoms with E-state index in [2.05, 4.69) is 15.2 Å². The van der Waals surface area contributed by atoms with Crippen molar-refractivity contribution in [3.8, 4) is 0 Å². The first-order chi connectivity index (χ1) is 18.0. The number of carboxylic acid groups (broad SMARTS) is 2. The topological polar surface area (TPSA) is 123 Å². The van der Waals surface area contributed by atoms with E-state index in [1.807, 2.05) is 4.90 Å².